The Morgan fingerprint density at radius 3 is 2.57 bits per heavy atom. The summed E-state index contributed by atoms with van der Waals surface area (Å²) in [6, 6.07) is 15.3. The first-order chi connectivity index (χ1) is 18.1. The van der Waals surface area contributed by atoms with E-state index in [-0.39, 0.29) is 13.4 Å². The van der Waals surface area contributed by atoms with Crippen LogP contribution in [0.25, 0.3) is 33.1 Å². The lowest BCUT2D eigenvalue weighted by atomic mass is 10.0. The van der Waals surface area contributed by atoms with Crippen molar-refractivity contribution in [2.24, 2.45) is 0 Å². The molecule has 0 saturated heterocycles. The van der Waals surface area contributed by atoms with Crippen LogP contribution in [0.2, 0.25) is 0 Å². The Morgan fingerprint density at radius 2 is 1.76 bits per heavy atom. The van der Waals surface area contributed by atoms with Crippen molar-refractivity contribution < 1.29 is 28.5 Å². The molecule has 0 spiro atoms. The summed E-state index contributed by atoms with van der Waals surface area (Å²) in [6.07, 6.45) is 0. The highest BCUT2D eigenvalue weighted by atomic mass is 32.1. The number of carbonyl (C=O) groups is 1. The van der Waals surface area contributed by atoms with Crippen molar-refractivity contribution in [2.45, 2.75) is 13.5 Å². The van der Waals surface area contributed by atoms with Crippen LogP contribution in [0, 0.1) is 0 Å². The van der Waals surface area contributed by atoms with Gasteiger partial charge in [-0.1, -0.05) is 12.1 Å². The first-order valence-corrected chi connectivity index (χ1v) is 12.4. The number of carbonyl (C=O) groups excluding carboxylic acids is 1. The molecule has 0 saturated carbocycles. The van der Waals surface area contributed by atoms with Gasteiger partial charge in [-0.15, -0.1) is 0 Å². The van der Waals surface area contributed by atoms with Crippen molar-refractivity contribution in [3.8, 4) is 34.1 Å². The number of benzene rings is 3. The lowest BCUT2D eigenvalue weighted by molar-refractivity contribution is 0.0516. The fourth-order valence-electron chi connectivity index (χ4n) is 4.70. The van der Waals surface area contributed by atoms with Crippen LogP contribution in [0.5, 0.6) is 23.0 Å². The van der Waals surface area contributed by atoms with E-state index >= 15 is 0 Å². The minimum atomic E-state index is -0.430. The molecule has 0 fully saturated rings. The van der Waals surface area contributed by atoms with E-state index in [4.69, 9.17) is 23.7 Å². The maximum atomic E-state index is 13.6. The van der Waals surface area contributed by atoms with E-state index in [0.29, 0.717) is 40.8 Å². The van der Waals surface area contributed by atoms with Crippen molar-refractivity contribution >= 4 is 39.6 Å². The van der Waals surface area contributed by atoms with Crippen molar-refractivity contribution in [1.82, 2.24) is 13.3 Å². The highest BCUT2D eigenvalue weighted by Crippen LogP contribution is 2.44. The minimum Gasteiger partial charge on any atom is -0.493 e. The molecule has 1 aliphatic rings. The predicted molar refractivity (Wildman–Crippen MR) is 139 cm³/mol. The van der Waals surface area contributed by atoms with Crippen LogP contribution in [0.15, 0.2) is 48.5 Å². The maximum absolute atomic E-state index is 13.6. The molecule has 9 nitrogen and oxygen atoms in total. The van der Waals surface area contributed by atoms with Gasteiger partial charge in [0.2, 0.25) is 6.79 Å². The average molecular weight is 518 g/mol. The van der Waals surface area contributed by atoms with Gasteiger partial charge in [-0.3, -0.25) is 0 Å². The van der Waals surface area contributed by atoms with E-state index in [9.17, 15) is 4.79 Å². The molecular formula is C27H23N3O6S. The lowest BCUT2D eigenvalue weighted by Crippen LogP contribution is -2.14. The number of rotatable bonds is 7. The van der Waals surface area contributed by atoms with Crippen molar-refractivity contribution in [3.63, 3.8) is 0 Å². The largest absolute Gasteiger partial charge is 0.493 e. The van der Waals surface area contributed by atoms with Crippen LogP contribution < -0.4 is 18.9 Å². The van der Waals surface area contributed by atoms with Crippen LogP contribution in [-0.2, 0) is 11.3 Å². The molecule has 188 valence electrons. The zero-order chi connectivity index (χ0) is 25.5. The molecule has 10 heteroatoms. The summed E-state index contributed by atoms with van der Waals surface area (Å²) < 4.78 is 38.6. The molecule has 0 N–H and O–H groups in total. The van der Waals surface area contributed by atoms with E-state index < -0.39 is 5.97 Å². The highest BCUT2D eigenvalue weighted by Gasteiger charge is 2.28. The second-order valence-electron chi connectivity index (χ2n) is 8.41. The van der Waals surface area contributed by atoms with E-state index in [1.165, 1.54) is 11.7 Å². The molecule has 6 rings (SSSR count). The molecule has 37 heavy (non-hydrogen) atoms. The zero-order valence-electron chi connectivity index (χ0n) is 20.4. The molecule has 0 radical (unpaired) electrons. The third-order valence-electron chi connectivity index (χ3n) is 6.36. The van der Waals surface area contributed by atoms with E-state index in [0.717, 1.165) is 33.1 Å². The zero-order valence-corrected chi connectivity index (χ0v) is 21.3. The van der Waals surface area contributed by atoms with Crippen LogP contribution in [0.3, 0.4) is 0 Å². The Balaban J connectivity index is 1.64. The molecule has 0 atom stereocenters. The maximum Gasteiger partial charge on any atom is 0.355 e. The standard InChI is InChI=1S/C27H23N3O6S/c1-4-34-27(31)26-25(16-6-8-21-24(10-16)36-14-35-21)17-11-22(32-2)23(33-3)12-20(17)30(26)13-15-5-7-18-19(9-15)29-37-28-18/h5-12H,4,13-14H2,1-3H3. The quantitative estimate of drug-likeness (QED) is 0.269. The smallest absolute Gasteiger partial charge is 0.355 e. The van der Waals surface area contributed by atoms with E-state index in [1.54, 1.807) is 21.1 Å². The number of ether oxygens (including phenoxy) is 5. The summed E-state index contributed by atoms with van der Waals surface area (Å²) in [4.78, 5) is 13.6. The molecule has 3 heterocycles. The Bertz CT molecular complexity index is 1660. The van der Waals surface area contributed by atoms with Gasteiger partial charge in [-0.05, 0) is 48.4 Å². The van der Waals surface area contributed by atoms with Gasteiger partial charge in [0.15, 0.2) is 23.0 Å². The van der Waals surface area contributed by atoms with Gasteiger partial charge in [-0.2, -0.15) is 8.75 Å². The van der Waals surface area contributed by atoms with Gasteiger partial charge < -0.3 is 28.3 Å². The van der Waals surface area contributed by atoms with Gasteiger partial charge in [0, 0.05) is 23.6 Å². The molecule has 0 bridgehead atoms. The number of aromatic nitrogens is 3. The minimum absolute atomic E-state index is 0.157. The topological polar surface area (TPSA) is 93.9 Å². The van der Waals surface area contributed by atoms with Crippen LogP contribution in [0.4, 0.5) is 0 Å². The first kappa shape index (κ1) is 23.1. The van der Waals surface area contributed by atoms with Gasteiger partial charge in [0.05, 0.1) is 38.1 Å². The summed E-state index contributed by atoms with van der Waals surface area (Å²) in [6.45, 7) is 2.59. The number of nitrogens with zero attached hydrogens (tertiary/aromatic N) is 3. The van der Waals surface area contributed by atoms with Crippen molar-refractivity contribution in [1.29, 1.82) is 0 Å². The summed E-state index contributed by atoms with van der Waals surface area (Å²) in [5, 5.41) is 0.816. The monoisotopic (exact) mass is 517 g/mol. The fraction of sp³-hybridized carbons (Fsp3) is 0.222. The molecule has 2 aromatic heterocycles. The average Bonchev–Trinajstić information content (AvgIpc) is 3.64. The SMILES string of the molecule is CCOC(=O)c1c(-c2ccc3c(c2)OCO3)c2cc(OC)c(OC)cc2n1Cc1ccc2nsnc2c1. The van der Waals surface area contributed by atoms with Crippen LogP contribution >= 0.6 is 11.7 Å². The second kappa shape index (κ2) is 9.29. The Kier molecular flexibility index (Phi) is 5.80. The van der Waals surface area contributed by atoms with E-state index in [1.807, 2.05) is 53.1 Å². The molecule has 5 aromatic rings. The van der Waals surface area contributed by atoms with Crippen molar-refractivity contribution in [3.05, 3.63) is 59.8 Å². The summed E-state index contributed by atoms with van der Waals surface area (Å²) in [5.41, 5.74) is 5.34. The summed E-state index contributed by atoms with van der Waals surface area (Å²) in [7, 11) is 3.18. The molecule has 1 aliphatic heterocycles. The fourth-order valence-corrected chi connectivity index (χ4v) is 5.22. The molecule has 0 amide bonds. The number of hydrogen-bond acceptors (Lipinski definition) is 9. The molecular weight excluding hydrogens is 494 g/mol. The summed E-state index contributed by atoms with van der Waals surface area (Å²) in [5.74, 6) is 1.96. The number of fused-ring (bicyclic) bond motifs is 3. The van der Waals surface area contributed by atoms with Crippen LogP contribution in [0.1, 0.15) is 23.0 Å². The number of methoxy groups -OCH3 is 2. The van der Waals surface area contributed by atoms with Crippen LogP contribution in [-0.4, -0.2) is 46.9 Å². The number of hydrogen-bond donors (Lipinski definition) is 0. The second-order valence-corrected chi connectivity index (χ2v) is 8.94. The first-order valence-electron chi connectivity index (χ1n) is 11.7. The number of esters is 1. The van der Waals surface area contributed by atoms with Gasteiger partial charge in [0.1, 0.15) is 16.7 Å². The highest BCUT2D eigenvalue weighted by molar-refractivity contribution is 7.00. The van der Waals surface area contributed by atoms with Gasteiger partial charge in [0.25, 0.3) is 0 Å². The lowest BCUT2D eigenvalue weighted by Gasteiger charge is -2.13. The summed E-state index contributed by atoms with van der Waals surface area (Å²) >= 11 is 1.17. The van der Waals surface area contributed by atoms with E-state index in [2.05, 4.69) is 8.75 Å². The predicted octanol–water partition coefficient (Wildman–Crippen LogP) is 5.28. The van der Waals surface area contributed by atoms with Gasteiger partial charge in [-0.25, -0.2) is 4.79 Å². The van der Waals surface area contributed by atoms with Gasteiger partial charge >= 0.3 is 5.97 Å². The third-order valence-corrected chi connectivity index (χ3v) is 6.91. The Labute approximate surface area is 216 Å². The normalized spacial score (nSPS) is 12.3. The Morgan fingerprint density at radius 1 is 0.973 bits per heavy atom. The van der Waals surface area contributed by atoms with Crippen molar-refractivity contribution in [2.75, 3.05) is 27.6 Å². The molecule has 0 unspecified atom stereocenters. The third kappa shape index (κ3) is 3.89. The molecule has 0 aliphatic carbocycles. The Hall–Kier alpha value is -4.31. The molecule has 3 aromatic carbocycles.